The van der Waals surface area contributed by atoms with Crippen LogP contribution in [-0.4, -0.2) is 29.1 Å². The number of aromatic nitrogens is 3. The zero-order valence-corrected chi connectivity index (χ0v) is 7.08. The van der Waals surface area contributed by atoms with Gasteiger partial charge in [0.15, 0.2) is 0 Å². The van der Waals surface area contributed by atoms with Crippen LogP contribution in [0.5, 0.6) is 0 Å². The summed E-state index contributed by atoms with van der Waals surface area (Å²) < 4.78 is 0. The van der Waals surface area contributed by atoms with Crippen LogP contribution < -0.4 is 5.06 Å². The van der Waals surface area contributed by atoms with Gasteiger partial charge in [0.05, 0.1) is 7.11 Å². The van der Waals surface area contributed by atoms with Gasteiger partial charge in [-0.25, -0.2) is 10.0 Å². The third kappa shape index (κ3) is 2.65. The quantitative estimate of drug-likeness (QED) is 0.607. The maximum atomic E-state index is 4.82. The lowest BCUT2D eigenvalue weighted by Gasteiger charge is -2.11. The smallest absolute Gasteiger partial charge is 0.252 e. The summed E-state index contributed by atoms with van der Waals surface area (Å²) in [6.45, 7) is 0. The summed E-state index contributed by atoms with van der Waals surface area (Å²) in [4.78, 5) is 16.1. The predicted molar refractivity (Wildman–Crippen MR) is 42.5 cm³/mol. The predicted octanol–water partition coefficient (Wildman–Crippen LogP) is 0.291. The molecule has 1 heterocycles. The minimum absolute atomic E-state index is 0. The Morgan fingerprint density at radius 1 is 1.36 bits per heavy atom. The van der Waals surface area contributed by atoms with E-state index in [9.17, 15) is 0 Å². The summed E-state index contributed by atoms with van der Waals surface area (Å²) in [6, 6.07) is 0. The SMILES string of the molecule is CON(C)c1ncncn1.Cl. The molecule has 1 rings (SSSR count). The van der Waals surface area contributed by atoms with Crippen molar-refractivity contribution < 1.29 is 4.84 Å². The summed E-state index contributed by atoms with van der Waals surface area (Å²) in [7, 11) is 3.26. The minimum atomic E-state index is 0. The topological polar surface area (TPSA) is 51.1 Å². The number of rotatable bonds is 2. The highest BCUT2D eigenvalue weighted by atomic mass is 35.5. The molecule has 0 aromatic carbocycles. The highest BCUT2D eigenvalue weighted by Gasteiger charge is 1.98. The number of hydrogen-bond donors (Lipinski definition) is 0. The van der Waals surface area contributed by atoms with Gasteiger partial charge in [0.1, 0.15) is 12.7 Å². The molecule has 1 aromatic rings. The molecule has 5 nitrogen and oxygen atoms in total. The van der Waals surface area contributed by atoms with Gasteiger partial charge >= 0.3 is 0 Å². The molecule has 0 amide bonds. The van der Waals surface area contributed by atoms with Crippen molar-refractivity contribution in [3.63, 3.8) is 0 Å². The van der Waals surface area contributed by atoms with Crippen molar-refractivity contribution in [1.29, 1.82) is 0 Å². The van der Waals surface area contributed by atoms with E-state index in [1.807, 2.05) is 0 Å². The molecule has 0 aliphatic carbocycles. The van der Waals surface area contributed by atoms with E-state index in [0.29, 0.717) is 5.95 Å². The van der Waals surface area contributed by atoms with Crippen LogP contribution in [0.4, 0.5) is 5.95 Å². The molecule has 0 saturated carbocycles. The summed E-state index contributed by atoms with van der Waals surface area (Å²) in [5.74, 6) is 0.498. The lowest BCUT2D eigenvalue weighted by molar-refractivity contribution is 0.180. The van der Waals surface area contributed by atoms with Crippen LogP contribution in [0.1, 0.15) is 0 Å². The second kappa shape index (κ2) is 4.81. The monoisotopic (exact) mass is 176 g/mol. The Hall–Kier alpha value is -0.940. The number of hydroxylamine groups is 1. The Balaban J connectivity index is 0.000001000. The van der Waals surface area contributed by atoms with E-state index in [-0.39, 0.29) is 12.4 Å². The molecule has 62 valence electrons. The van der Waals surface area contributed by atoms with E-state index in [1.54, 1.807) is 14.2 Å². The molecule has 0 radical (unpaired) electrons. The summed E-state index contributed by atoms with van der Waals surface area (Å²) in [6.07, 6.45) is 2.83. The number of anilines is 1. The van der Waals surface area contributed by atoms with Gasteiger partial charge in [-0.2, -0.15) is 9.97 Å². The maximum absolute atomic E-state index is 4.82. The molecule has 1 aromatic heterocycles. The van der Waals surface area contributed by atoms with Crippen molar-refractivity contribution >= 4 is 18.4 Å². The van der Waals surface area contributed by atoms with Crippen LogP contribution >= 0.6 is 12.4 Å². The average Bonchev–Trinajstić information content (AvgIpc) is 2.05. The van der Waals surface area contributed by atoms with Crippen molar-refractivity contribution in [2.24, 2.45) is 0 Å². The zero-order chi connectivity index (χ0) is 7.40. The Labute approximate surface area is 70.8 Å². The molecule has 0 spiro atoms. The first-order valence-electron chi connectivity index (χ1n) is 2.74. The van der Waals surface area contributed by atoms with Gasteiger partial charge in [0, 0.05) is 7.05 Å². The largest absolute Gasteiger partial charge is 0.274 e. The summed E-state index contributed by atoms with van der Waals surface area (Å²) >= 11 is 0. The molecule has 0 fully saturated rings. The van der Waals surface area contributed by atoms with E-state index in [4.69, 9.17) is 4.84 Å². The normalized spacial score (nSPS) is 8.55. The van der Waals surface area contributed by atoms with Gasteiger partial charge in [0.2, 0.25) is 0 Å². The second-order valence-electron chi connectivity index (χ2n) is 1.62. The standard InChI is InChI=1S/C5H8N4O.ClH/c1-9(10-2)5-7-3-6-4-8-5;/h3-4H,1-2H3;1H. The molecular formula is C5H9ClN4O. The first kappa shape index (κ1) is 10.1. The molecule has 6 heteroatoms. The van der Waals surface area contributed by atoms with Gasteiger partial charge in [-0.05, 0) is 0 Å². The second-order valence-corrected chi connectivity index (χ2v) is 1.62. The molecule has 11 heavy (non-hydrogen) atoms. The van der Waals surface area contributed by atoms with Crippen molar-refractivity contribution in [2.45, 2.75) is 0 Å². The van der Waals surface area contributed by atoms with E-state index < -0.39 is 0 Å². The van der Waals surface area contributed by atoms with Crippen LogP contribution in [0.15, 0.2) is 12.7 Å². The van der Waals surface area contributed by atoms with Crippen molar-refractivity contribution in [3.05, 3.63) is 12.7 Å². The van der Waals surface area contributed by atoms with E-state index in [1.165, 1.54) is 17.7 Å². The van der Waals surface area contributed by atoms with E-state index in [2.05, 4.69) is 15.0 Å². The number of halogens is 1. The molecule has 0 aliphatic heterocycles. The molecule has 0 atom stereocenters. The fourth-order valence-corrected chi connectivity index (χ4v) is 0.477. The summed E-state index contributed by atoms with van der Waals surface area (Å²) in [5, 5.41) is 1.45. The van der Waals surface area contributed by atoms with Crippen LogP contribution in [0.25, 0.3) is 0 Å². The molecular weight excluding hydrogens is 168 g/mol. The van der Waals surface area contributed by atoms with Gasteiger partial charge < -0.3 is 0 Å². The van der Waals surface area contributed by atoms with Crippen LogP contribution in [0, 0.1) is 0 Å². The lowest BCUT2D eigenvalue weighted by Crippen LogP contribution is -2.17. The van der Waals surface area contributed by atoms with Gasteiger partial charge in [-0.3, -0.25) is 4.84 Å². The highest BCUT2D eigenvalue weighted by Crippen LogP contribution is 1.98. The molecule has 0 N–H and O–H groups in total. The number of hydrogen-bond acceptors (Lipinski definition) is 5. The molecule has 0 bridgehead atoms. The van der Waals surface area contributed by atoms with Crippen molar-refractivity contribution in [3.8, 4) is 0 Å². The Morgan fingerprint density at radius 2 is 1.91 bits per heavy atom. The third-order valence-corrected chi connectivity index (χ3v) is 1.04. The Morgan fingerprint density at radius 3 is 2.36 bits per heavy atom. The first-order chi connectivity index (χ1) is 4.84. The highest BCUT2D eigenvalue weighted by molar-refractivity contribution is 5.85. The lowest BCUT2D eigenvalue weighted by atomic mass is 10.9. The van der Waals surface area contributed by atoms with E-state index >= 15 is 0 Å². The van der Waals surface area contributed by atoms with Crippen LogP contribution in [0.3, 0.4) is 0 Å². The molecule has 0 unspecified atom stereocenters. The Kier molecular flexibility index (Phi) is 4.40. The van der Waals surface area contributed by atoms with Crippen LogP contribution in [0.2, 0.25) is 0 Å². The summed E-state index contributed by atoms with van der Waals surface area (Å²) in [5.41, 5.74) is 0. The average molecular weight is 177 g/mol. The van der Waals surface area contributed by atoms with E-state index in [0.717, 1.165) is 0 Å². The fourth-order valence-electron chi connectivity index (χ4n) is 0.477. The zero-order valence-electron chi connectivity index (χ0n) is 6.26. The van der Waals surface area contributed by atoms with Gasteiger partial charge in [-0.1, -0.05) is 0 Å². The van der Waals surface area contributed by atoms with Crippen LogP contribution in [-0.2, 0) is 4.84 Å². The molecule has 0 aliphatic rings. The number of nitrogens with zero attached hydrogens (tertiary/aromatic N) is 4. The van der Waals surface area contributed by atoms with Gasteiger partial charge in [-0.15, -0.1) is 12.4 Å². The van der Waals surface area contributed by atoms with Crippen molar-refractivity contribution in [2.75, 3.05) is 19.2 Å². The minimum Gasteiger partial charge on any atom is -0.274 e. The molecule has 0 saturated heterocycles. The maximum Gasteiger partial charge on any atom is 0.252 e. The van der Waals surface area contributed by atoms with Crippen molar-refractivity contribution in [1.82, 2.24) is 15.0 Å². The van der Waals surface area contributed by atoms with Gasteiger partial charge in [0.25, 0.3) is 5.95 Å². The first-order valence-corrected chi connectivity index (χ1v) is 2.74. The third-order valence-electron chi connectivity index (χ3n) is 1.04. The fraction of sp³-hybridized carbons (Fsp3) is 0.400. The Bertz CT molecular complexity index is 195.